The van der Waals surface area contributed by atoms with E-state index in [2.05, 4.69) is 4.98 Å². The lowest BCUT2D eigenvalue weighted by atomic mass is 10.4. The number of fused-ring (bicyclic) bond motifs is 1. The first-order chi connectivity index (χ1) is 5.83. The maximum Gasteiger partial charge on any atom is 0.138 e. The minimum atomic E-state index is 0.460. The fourth-order valence-corrected chi connectivity index (χ4v) is 1.31. The van der Waals surface area contributed by atoms with E-state index in [0.29, 0.717) is 16.5 Å². The first kappa shape index (κ1) is 7.14. The molecule has 0 N–H and O–H groups in total. The monoisotopic (exact) mass is 177 g/mol. The summed E-state index contributed by atoms with van der Waals surface area (Å²) in [6.07, 6.45) is 1.53. The van der Waals surface area contributed by atoms with Gasteiger partial charge in [0.05, 0.1) is 6.20 Å². The molecule has 0 bridgehead atoms. The molecule has 2 rings (SSSR count). The summed E-state index contributed by atoms with van der Waals surface area (Å²) in [6.45, 7) is 0. The van der Waals surface area contributed by atoms with Gasteiger partial charge >= 0.3 is 0 Å². The van der Waals surface area contributed by atoms with Gasteiger partial charge < -0.3 is 0 Å². The molecule has 3 nitrogen and oxygen atoms in total. The van der Waals surface area contributed by atoms with Gasteiger partial charge in [-0.3, -0.25) is 4.40 Å². The maximum atomic E-state index is 8.72. The molecule has 2 aromatic heterocycles. The lowest BCUT2D eigenvalue weighted by molar-refractivity contribution is 1.14. The van der Waals surface area contributed by atoms with Gasteiger partial charge in [-0.1, -0.05) is 17.7 Å². The van der Waals surface area contributed by atoms with E-state index in [1.165, 1.54) is 6.20 Å². The van der Waals surface area contributed by atoms with E-state index in [4.69, 9.17) is 16.9 Å². The lowest BCUT2D eigenvalue weighted by Gasteiger charge is -1.95. The molecule has 0 amide bonds. The van der Waals surface area contributed by atoms with Crippen LogP contribution in [0.1, 0.15) is 5.69 Å². The van der Waals surface area contributed by atoms with Crippen LogP contribution in [-0.4, -0.2) is 9.38 Å². The van der Waals surface area contributed by atoms with Crippen LogP contribution < -0.4 is 0 Å². The van der Waals surface area contributed by atoms with Crippen molar-refractivity contribution in [1.29, 1.82) is 5.26 Å². The number of imidazole rings is 1. The van der Waals surface area contributed by atoms with Crippen LogP contribution in [0.4, 0.5) is 0 Å². The van der Waals surface area contributed by atoms with Crippen molar-refractivity contribution in [1.82, 2.24) is 9.38 Å². The van der Waals surface area contributed by atoms with Crippen LogP contribution in [0, 0.1) is 11.3 Å². The van der Waals surface area contributed by atoms with Crippen molar-refractivity contribution < 1.29 is 0 Å². The highest BCUT2D eigenvalue weighted by Crippen LogP contribution is 2.13. The van der Waals surface area contributed by atoms with Gasteiger partial charge in [-0.15, -0.1) is 0 Å². The van der Waals surface area contributed by atoms with Gasteiger partial charge in [-0.05, 0) is 12.1 Å². The molecule has 0 atom stereocenters. The Morgan fingerprint density at radius 3 is 3.08 bits per heavy atom. The van der Waals surface area contributed by atoms with E-state index in [-0.39, 0.29) is 0 Å². The van der Waals surface area contributed by atoms with Gasteiger partial charge in [-0.25, -0.2) is 4.98 Å². The number of nitrogens with zero attached hydrogens (tertiary/aromatic N) is 3. The molecule has 0 aliphatic heterocycles. The van der Waals surface area contributed by atoms with Crippen molar-refractivity contribution in [3.05, 3.63) is 35.2 Å². The predicted molar refractivity (Wildman–Crippen MR) is 44.9 cm³/mol. The zero-order valence-electron chi connectivity index (χ0n) is 6.03. The lowest BCUT2D eigenvalue weighted by Crippen LogP contribution is -1.90. The van der Waals surface area contributed by atoms with Crippen LogP contribution in [-0.2, 0) is 0 Å². The number of nitriles is 1. The highest BCUT2D eigenvalue weighted by atomic mass is 35.5. The molecule has 0 saturated carbocycles. The highest BCUT2D eigenvalue weighted by molar-refractivity contribution is 6.29. The van der Waals surface area contributed by atoms with Gasteiger partial charge in [0.1, 0.15) is 22.6 Å². The molecule has 4 heteroatoms. The average Bonchev–Trinajstić information content (AvgIpc) is 2.48. The Kier molecular flexibility index (Phi) is 1.49. The summed E-state index contributed by atoms with van der Waals surface area (Å²) >= 11 is 5.81. The summed E-state index contributed by atoms with van der Waals surface area (Å²) < 4.78 is 1.60. The normalized spacial score (nSPS) is 10.0. The summed E-state index contributed by atoms with van der Waals surface area (Å²) in [6, 6.07) is 7.30. The molecule has 0 saturated heterocycles. The summed E-state index contributed by atoms with van der Waals surface area (Å²) in [7, 11) is 0. The maximum absolute atomic E-state index is 8.72. The fourth-order valence-electron chi connectivity index (χ4n) is 1.09. The minimum Gasteiger partial charge on any atom is -0.274 e. The minimum absolute atomic E-state index is 0.460. The summed E-state index contributed by atoms with van der Waals surface area (Å²) in [4.78, 5) is 4.01. The topological polar surface area (TPSA) is 41.1 Å². The summed E-state index contributed by atoms with van der Waals surface area (Å²) in [5, 5.41) is 9.18. The number of aromatic nitrogens is 2. The third-order valence-corrected chi connectivity index (χ3v) is 1.87. The van der Waals surface area contributed by atoms with E-state index < -0.39 is 0 Å². The number of rotatable bonds is 0. The van der Waals surface area contributed by atoms with Gasteiger partial charge in [-0.2, -0.15) is 5.26 Å². The van der Waals surface area contributed by atoms with Crippen molar-refractivity contribution in [3.8, 4) is 6.07 Å². The molecule has 2 aromatic rings. The van der Waals surface area contributed by atoms with E-state index >= 15 is 0 Å². The molecule has 0 aliphatic carbocycles. The van der Waals surface area contributed by atoms with E-state index in [9.17, 15) is 0 Å². The Bertz CT molecular complexity index is 467. The molecule has 0 aliphatic rings. The SMILES string of the molecule is N#Cc1cccc2ncc(Cl)n12. The summed E-state index contributed by atoms with van der Waals surface area (Å²) in [5.74, 6) is 0. The van der Waals surface area contributed by atoms with E-state index in [1.54, 1.807) is 22.6 Å². The van der Waals surface area contributed by atoms with Crippen LogP contribution in [0.25, 0.3) is 5.65 Å². The number of halogens is 1. The zero-order valence-corrected chi connectivity index (χ0v) is 6.78. The van der Waals surface area contributed by atoms with Crippen molar-refractivity contribution in [2.75, 3.05) is 0 Å². The molecule has 0 radical (unpaired) electrons. The van der Waals surface area contributed by atoms with Crippen LogP contribution in [0.2, 0.25) is 5.15 Å². The molecule has 0 aromatic carbocycles. The van der Waals surface area contributed by atoms with Crippen molar-refractivity contribution in [2.45, 2.75) is 0 Å². The Labute approximate surface area is 73.8 Å². The molecule has 58 valence electrons. The van der Waals surface area contributed by atoms with Crippen LogP contribution >= 0.6 is 11.6 Å². The van der Waals surface area contributed by atoms with Crippen molar-refractivity contribution >= 4 is 17.2 Å². The average molecular weight is 178 g/mol. The smallest absolute Gasteiger partial charge is 0.138 e. The second kappa shape index (κ2) is 2.50. The molecular formula is C8H4ClN3. The fraction of sp³-hybridized carbons (Fsp3) is 0. The second-order valence-corrected chi connectivity index (χ2v) is 2.68. The highest BCUT2D eigenvalue weighted by Gasteiger charge is 2.03. The first-order valence-electron chi connectivity index (χ1n) is 3.35. The Balaban J connectivity index is 2.96. The van der Waals surface area contributed by atoms with Crippen LogP contribution in [0.3, 0.4) is 0 Å². The molecule has 0 unspecified atom stereocenters. The second-order valence-electron chi connectivity index (χ2n) is 2.30. The molecule has 2 heterocycles. The Morgan fingerprint density at radius 2 is 2.33 bits per heavy atom. The van der Waals surface area contributed by atoms with Gasteiger partial charge in [0.25, 0.3) is 0 Å². The molecule has 0 fully saturated rings. The summed E-state index contributed by atoms with van der Waals surface area (Å²) in [5.41, 5.74) is 1.19. The third kappa shape index (κ3) is 0.858. The standard InChI is InChI=1S/C8H4ClN3/c9-7-5-11-8-3-1-2-6(4-10)12(7)8/h1-3,5H. The predicted octanol–water partition coefficient (Wildman–Crippen LogP) is 1.86. The third-order valence-electron chi connectivity index (χ3n) is 1.60. The zero-order chi connectivity index (χ0) is 8.55. The Morgan fingerprint density at radius 1 is 1.50 bits per heavy atom. The van der Waals surface area contributed by atoms with Crippen molar-refractivity contribution in [3.63, 3.8) is 0 Å². The Hall–Kier alpha value is -1.53. The molecular weight excluding hydrogens is 174 g/mol. The molecule has 0 spiro atoms. The number of hydrogen-bond donors (Lipinski definition) is 0. The van der Waals surface area contributed by atoms with Crippen LogP contribution in [0.15, 0.2) is 24.4 Å². The number of hydrogen-bond acceptors (Lipinski definition) is 2. The quantitative estimate of drug-likeness (QED) is 0.616. The number of pyridine rings is 1. The van der Waals surface area contributed by atoms with Crippen LogP contribution in [0.5, 0.6) is 0 Å². The first-order valence-corrected chi connectivity index (χ1v) is 3.73. The van der Waals surface area contributed by atoms with Crippen molar-refractivity contribution in [2.24, 2.45) is 0 Å². The van der Waals surface area contributed by atoms with E-state index in [0.717, 1.165) is 0 Å². The largest absolute Gasteiger partial charge is 0.274 e. The molecule has 12 heavy (non-hydrogen) atoms. The van der Waals surface area contributed by atoms with Gasteiger partial charge in [0, 0.05) is 0 Å². The van der Waals surface area contributed by atoms with E-state index in [1.807, 2.05) is 6.07 Å². The van der Waals surface area contributed by atoms with Gasteiger partial charge in [0.2, 0.25) is 0 Å². The van der Waals surface area contributed by atoms with Gasteiger partial charge in [0.15, 0.2) is 0 Å².